The molecule has 0 radical (unpaired) electrons. The Bertz CT molecular complexity index is 862. The van der Waals surface area contributed by atoms with Gasteiger partial charge in [-0.05, 0) is 49.1 Å². The van der Waals surface area contributed by atoms with E-state index in [4.69, 9.17) is 0 Å². The van der Waals surface area contributed by atoms with Crippen LogP contribution in [0.5, 0.6) is 0 Å². The van der Waals surface area contributed by atoms with Crippen LogP contribution >= 0.6 is 0 Å². The lowest BCUT2D eigenvalue weighted by Crippen LogP contribution is -2.28. The summed E-state index contributed by atoms with van der Waals surface area (Å²) in [5, 5.41) is 2.88. The van der Waals surface area contributed by atoms with Crippen LogP contribution in [0.15, 0.2) is 53.4 Å². The summed E-state index contributed by atoms with van der Waals surface area (Å²) >= 11 is 0. The van der Waals surface area contributed by atoms with E-state index in [2.05, 4.69) is 19.2 Å². The van der Waals surface area contributed by atoms with Crippen molar-refractivity contribution in [3.05, 3.63) is 59.7 Å². The third kappa shape index (κ3) is 4.64. The molecule has 0 aromatic heterocycles. The predicted molar refractivity (Wildman–Crippen MR) is 105 cm³/mol. The number of hydrogen-bond acceptors (Lipinski definition) is 3. The second-order valence-electron chi connectivity index (χ2n) is 6.73. The van der Waals surface area contributed by atoms with Crippen molar-refractivity contribution < 1.29 is 13.2 Å². The first kappa shape index (κ1) is 20.0. The number of anilines is 1. The van der Waals surface area contributed by atoms with Gasteiger partial charge >= 0.3 is 0 Å². The number of carbonyl (C=O) groups excluding carboxylic acids is 1. The molecule has 2 rings (SSSR count). The quantitative estimate of drug-likeness (QED) is 0.805. The summed E-state index contributed by atoms with van der Waals surface area (Å²) in [6.07, 6.45) is 0.896. The van der Waals surface area contributed by atoms with Gasteiger partial charge in [-0.15, -0.1) is 0 Å². The van der Waals surface area contributed by atoms with E-state index in [1.807, 2.05) is 6.92 Å². The molecule has 140 valence electrons. The van der Waals surface area contributed by atoms with E-state index in [9.17, 15) is 13.2 Å². The Kier molecular flexibility index (Phi) is 6.42. The maximum absolute atomic E-state index is 12.8. The van der Waals surface area contributed by atoms with Crippen molar-refractivity contribution in [2.45, 2.75) is 32.1 Å². The number of benzene rings is 2. The zero-order valence-electron chi connectivity index (χ0n) is 15.7. The van der Waals surface area contributed by atoms with Gasteiger partial charge in [0.15, 0.2) is 0 Å². The summed E-state index contributed by atoms with van der Waals surface area (Å²) in [7, 11) is -2.18. The minimum Gasteiger partial charge on any atom is -0.352 e. The topological polar surface area (TPSA) is 66.5 Å². The molecule has 0 aliphatic rings. The van der Waals surface area contributed by atoms with Crippen molar-refractivity contribution in [1.29, 1.82) is 0 Å². The summed E-state index contributed by atoms with van der Waals surface area (Å²) in [6.45, 7) is 6.61. The average Bonchev–Trinajstić information content (AvgIpc) is 2.61. The second-order valence-corrected chi connectivity index (χ2v) is 8.69. The van der Waals surface area contributed by atoms with Crippen LogP contribution in [0.2, 0.25) is 0 Å². The number of rotatable bonds is 7. The summed E-state index contributed by atoms with van der Waals surface area (Å²) in [5.74, 6) is 0.309. The molecule has 0 aliphatic carbocycles. The lowest BCUT2D eigenvalue weighted by Gasteiger charge is -2.22. The molecule has 0 bridgehead atoms. The minimum atomic E-state index is -3.68. The summed E-state index contributed by atoms with van der Waals surface area (Å²) in [6, 6.07) is 13.4. The number of nitrogens with zero attached hydrogens (tertiary/aromatic N) is 1. The maximum Gasteiger partial charge on any atom is 0.264 e. The Hall–Kier alpha value is -2.34. The lowest BCUT2D eigenvalue weighted by molar-refractivity contribution is 0.0952. The highest BCUT2D eigenvalue weighted by Crippen LogP contribution is 2.26. The monoisotopic (exact) mass is 374 g/mol. The van der Waals surface area contributed by atoms with Gasteiger partial charge in [-0.25, -0.2) is 8.42 Å². The van der Waals surface area contributed by atoms with Crippen LogP contribution in [-0.2, 0) is 10.0 Å². The van der Waals surface area contributed by atoms with Gasteiger partial charge in [0, 0.05) is 19.2 Å². The molecule has 0 unspecified atom stereocenters. The lowest BCUT2D eigenvalue weighted by atomic mass is 10.1. The number of sulfonamides is 1. The Morgan fingerprint density at radius 2 is 1.77 bits per heavy atom. The van der Waals surface area contributed by atoms with Gasteiger partial charge in [0.1, 0.15) is 0 Å². The zero-order valence-corrected chi connectivity index (χ0v) is 16.5. The summed E-state index contributed by atoms with van der Waals surface area (Å²) in [5.41, 5.74) is 1.72. The molecule has 0 heterocycles. The standard InChI is InChI=1S/C20H26N2O3S/c1-15(2)12-13-21-20(23)17-11-10-16(3)19(14-17)22(4)26(24,25)18-8-6-5-7-9-18/h5-11,14-15H,12-13H2,1-4H3,(H,21,23). The van der Waals surface area contributed by atoms with Crippen molar-refractivity contribution in [3.8, 4) is 0 Å². The van der Waals surface area contributed by atoms with E-state index in [1.165, 1.54) is 11.4 Å². The van der Waals surface area contributed by atoms with E-state index in [0.717, 1.165) is 12.0 Å². The molecule has 5 nitrogen and oxygen atoms in total. The fraction of sp³-hybridized carbons (Fsp3) is 0.350. The highest BCUT2D eigenvalue weighted by Gasteiger charge is 2.23. The van der Waals surface area contributed by atoms with E-state index in [1.54, 1.807) is 48.5 Å². The SMILES string of the molecule is Cc1ccc(C(=O)NCCC(C)C)cc1N(C)S(=O)(=O)c1ccccc1. The van der Waals surface area contributed by atoms with E-state index >= 15 is 0 Å². The van der Waals surface area contributed by atoms with Gasteiger partial charge < -0.3 is 5.32 Å². The van der Waals surface area contributed by atoms with Crippen LogP contribution in [0.4, 0.5) is 5.69 Å². The van der Waals surface area contributed by atoms with E-state index in [-0.39, 0.29) is 10.8 Å². The number of carbonyl (C=O) groups is 1. The highest BCUT2D eigenvalue weighted by atomic mass is 32.2. The van der Waals surface area contributed by atoms with Gasteiger partial charge in [0.05, 0.1) is 10.6 Å². The molecule has 0 aliphatic heterocycles. The summed E-state index contributed by atoms with van der Waals surface area (Å²) < 4.78 is 26.9. The van der Waals surface area contributed by atoms with Crippen molar-refractivity contribution in [2.24, 2.45) is 5.92 Å². The predicted octanol–water partition coefficient (Wildman–Crippen LogP) is 3.60. The van der Waals surface area contributed by atoms with Crippen LogP contribution in [0, 0.1) is 12.8 Å². The highest BCUT2D eigenvalue weighted by molar-refractivity contribution is 7.92. The molecule has 2 aromatic rings. The first-order valence-corrected chi connectivity index (χ1v) is 10.1. The molecule has 0 saturated heterocycles. The fourth-order valence-electron chi connectivity index (χ4n) is 2.55. The minimum absolute atomic E-state index is 0.197. The Morgan fingerprint density at radius 3 is 2.38 bits per heavy atom. The molecule has 0 saturated carbocycles. The summed E-state index contributed by atoms with van der Waals surface area (Å²) in [4.78, 5) is 12.6. The van der Waals surface area contributed by atoms with Crippen LogP contribution in [-0.4, -0.2) is 27.9 Å². The number of aryl methyl sites for hydroxylation is 1. The Balaban J connectivity index is 2.28. The normalized spacial score (nSPS) is 11.4. The van der Waals surface area contributed by atoms with Crippen LogP contribution < -0.4 is 9.62 Å². The van der Waals surface area contributed by atoms with Crippen molar-refractivity contribution >= 4 is 21.6 Å². The molecule has 1 N–H and O–H groups in total. The number of hydrogen-bond donors (Lipinski definition) is 1. The molecular weight excluding hydrogens is 348 g/mol. The first-order valence-electron chi connectivity index (χ1n) is 8.66. The van der Waals surface area contributed by atoms with Crippen LogP contribution in [0.1, 0.15) is 36.2 Å². The van der Waals surface area contributed by atoms with E-state index in [0.29, 0.717) is 23.7 Å². The Labute approximate surface area is 156 Å². The van der Waals surface area contributed by atoms with Crippen molar-refractivity contribution in [1.82, 2.24) is 5.32 Å². The molecule has 6 heteroatoms. The molecule has 0 fully saturated rings. The maximum atomic E-state index is 12.8. The van der Waals surface area contributed by atoms with Gasteiger partial charge in [-0.3, -0.25) is 9.10 Å². The second kappa shape index (κ2) is 8.36. The molecule has 26 heavy (non-hydrogen) atoms. The van der Waals surface area contributed by atoms with Gasteiger partial charge in [-0.2, -0.15) is 0 Å². The molecule has 0 atom stereocenters. The van der Waals surface area contributed by atoms with Crippen molar-refractivity contribution in [3.63, 3.8) is 0 Å². The fourth-order valence-corrected chi connectivity index (χ4v) is 3.82. The zero-order chi connectivity index (χ0) is 19.3. The van der Waals surface area contributed by atoms with Crippen molar-refractivity contribution in [2.75, 3.05) is 17.9 Å². The van der Waals surface area contributed by atoms with Crippen LogP contribution in [0.3, 0.4) is 0 Å². The van der Waals surface area contributed by atoms with Gasteiger partial charge in [0.2, 0.25) is 0 Å². The first-order chi connectivity index (χ1) is 12.2. The molecular formula is C20H26N2O3S. The molecule has 2 aromatic carbocycles. The van der Waals surface area contributed by atoms with Gasteiger partial charge in [0.25, 0.3) is 15.9 Å². The average molecular weight is 375 g/mol. The molecule has 1 amide bonds. The smallest absolute Gasteiger partial charge is 0.264 e. The largest absolute Gasteiger partial charge is 0.352 e. The number of nitrogens with one attached hydrogen (secondary N) is 1. The third-order valence-corrected chi connectivity index (χ3v) is 6.01. The van der Waals surface area contributed by atoms with Gasteiger partial charge in [-0.1, -0.05) is 38.1 Å². The van der Waals surface area contributed by atoms with E-state index < -0.39 is 10.0 Å². The molecule has 0 spiro atoms. The van der Waals surface area contributed by atoms with Crippen LogP contribution in [0.25, 0.3) is 0 Å². The Morgan fingerprint density at radius 1 is 1.12 bits per heavy atom. The number of amides is 1. The third-order valence-electron chi connectivity index (χ3n) is 4.22.